The molecule has 1 N–H and O–H groups in total. The summed E-state index contributed by atoms with van der Waals surface area (Å²) in [4.78, 5) is 1.45. The van der Waals surface area contributed by atoms with Gasteiger partial charge in [0.2, 0.25) is 10.0 Å². The minimum absolute atomic E-state index is 0.402. The Morgan fingerprint density at radius 2 is 2.20 bits per heavy atom. The predicted octanol–water partition coefficient (Wildman–Crippen LogP) is 3.04. The van der Waals surface area contributed by atoms with E-state index in [1.807, 2.05) is 0 Å². The van der Waals surface area contributed by atoms with Gasteiger partial charge in [0.1, 0.15) is 4.90 Å². The van der Waals surface area contributed by atoms with Crippen molar-refractivity contribution < 1.29 is 8.42 Å². The molecule has 1 aromatic heterocycles. The average Bonchev–Trinajstić information content (AvgIpc) is 3.11. The number of thiophene rings is 1. The lowest BCUT2D eigenvalue weighted by molar-refractivity contribution is 0.453. The highest BCUT2D eigenvalue weighted by atomic mass is 79.9. The van der Waals surface area contributed by atoms with Gasteiger partial charge in [-0.15, -0.1) is 11.3 Å². The van der Waals surface area contributed by atoms with Gasteiger partial charge < -0.3 is 5.32 Å². The number of sulfonamides is 1. The summed E-state index contributed by atoms with van der Waals surface area (Å²) in [6.07, 6.45) is 3.37. The van der Waals surface area contributed by atoms with E-state index in [1.54, 1.807) is 13.1 Å². The van der Waals surface area contributed by atoms with Gasteiger partial charge in [-0.05, 0) is 53.7 Å². The topological polar surface area (TPSA) is 49.4 Å². The molecule has 0 radical (unpaired) electrons. The van der Waals surface area contributed by atoms with Gasteiger partial charge in [-0.2, -0.15) is 0 Å². The smallest absolute Gasteiger partial charge is 0.244 e. The second-order valence-electron chi connectivity index (χ2n) is 5.26. The van der Waals surface area contributed by atoms with Gasteiger partial charge in [-0.1, -0.05) is 6.92 Å². The van der Waals surface area contributed by atoms with Gasteiger partial charge in [0.25, 0.3) is 0 Å². The fraction of sp³-hybridized carbons (Fsp3) is 0.692. The molecular weight excluding hydrogens is 360 g/mol. The minimum atomic E-state index is -3.37. The van der Waals surface area contributed by atoms with Crippen molar-refractivity contribution in [3.8, 4) is 0 Å². The second-order valence-corrected chi connectivity index (χ2v) is 9.72. The van der Waals surface area contributed by atoms with Crippen LogP contribution in [-0.4, -0.2) is 32.9 Å². The monoisotopic (exact) mass is 380 g/mol. The third kappa shape index (κ3) is 4.04. The first-order valence-electron chi connectivity index (χ1n) is 6.90. The summed E-state index contributed by atoms with van der Waals surface area (Å²) in [7, 11) is -1.69. The molecule has 1 saturated carbocycles. The normalized spacial score (nSPS) is 16.0. The van der Waals surface area contributed by atoms with E-state index in [4.69, 9.17) is 0 Å². The molecule has 2 rings (SSSR count). The van der Waals surface area contributed by atoms with Gasteiger partial charge in [-0.3, -0.25) is 0 Å². The van der Waals surface area contributed by atoms with Gasteiger partial charge in [0.05, 0.1) is 3.79 Å². The summed E-state index contributed by atoms with van der Waals surface area (Å²) in [5.74, 6) is 0.554. The maximum atomic E-state index is 12.5. The van der Waals surface area contributed by atoms with Crippen molar-refractivity contribution in [1.82, 2.24) is 9.62 Å². The van der Waals surface area contributed by atoms with Crippen LogP contribution < -0.4 is 5.32 Å². The van der Waals surface area contributed by atoms with Crippen LogP contribution in [0, 0.1) is 5.92 Å². The van der Waals surface area contributed by atoms with Crippen molar-refractivity contribution >= 4 is 37.3 Å². The van der Waals surface area contributed by atoms with Crippen molar-refractivity contribution in [3.63, 3.8) is 0 Å². The molecular formula is C13H21BrN2O2S2. The van der Waals surface area contributed by atoms with Gasteiger partial charge >= 0.3 is 0 Å². The Labute approximate surface area is 133 Å². The van der Waals surface area contributed by atoms with Crippen LogP contribution in [0.5, 0.6) is 0 Å². The van der Waals surface area contributed by atoms with Crippen LogP contribution in [-0.2, 0) is 16.6 Å². The predicted molar refractivity (Wildman–Crippen MR) is 86.6 cm³/mol. The third-order valence-electron chi connectivity index (χ3n) is 3.33. The first-order valence-corrected chi connectivity index (χ1v) is 9.95. The number of nitrogens with zero attached hydrogens (tertiary/aromatic N) is 1. The summed E-state index contributed by atoms with van der Waals surface area (Å²) >= 11 is 4.89. The van der Waals surface area contributed by atoms with E-state index in [0.717, 1.165) is 37.2 Å². The molecule has 0 atom stereocenters. The number of halogens is 1. The molecule has 1 fully saturated rings. The maximum absolute atomic E-state index is 12.5. The maximum Gasteiger partial charge on any atom is 0.244 e. The lowest BCUT2D eigenvalue weighted by Gasteiger charge is -2.16. The molecule has 0 saturated heterocycles. The first-order chi connectivity index (χ1) is 9.45. The molecule has 0 aromatic carbocycles. The van der Waals surface area contributed by atoms with Crippen LogP contribution in [0.25, 0.3) is 0 Å². The van der Waals surface area contributed by atoms with Crippen molar-refractivity contribution in [1.29, 1.82) is 0 Å². The van der Waals surface area contributed by atoms with Crippen molar-refractivity contribution in [3.05, 3.63) is 14.7 Å². The van der Waals surface area contributed by atoms with Crippen LogP contribution >= 0.6 is 27.3 Å². The standard InChI is InChI=1S/C13H21BrN2O2S2/c1-3-6-15-8-11-7-12(13(14)19-11)20(17,18)16(2)9-10-4-5-10/h7,10,15H,3-6,8-9H2,1-2H3. The summed E-state index contributed by atoms with van der Waals surface area (Å²) in [5, 5.41) is 3.30. The SMILES string of the molecule is CCCNCc1cc(S(=O)(=O)N(C)CC2CC2)c(Br)s1. The largest absolute Gasteiger partial charge is 0.312 e. The van der Waals surface area contributed by atoms with Crippen LogP contribution in [0.2, 0.25) is 0 Å². The Balaban J connectivity index is 2.09. The zero-order valence-electron chi connectivity index (χ0n) is 11.9. The molecule has 4 nitrogen and oxygen atoms in total. The highest BCUT2D eigenvalue weighted by Gasteiger charge is 2.31. The highest BCUT2D eigenvalue weighted by Crippen LogP contribution is 2.35. The number of hydrogen-bond acceptors (Lipinski definition) is 4. The van der Waals surface area contributed by atoms with Crippen LogP contribution in [0.1, 0.15) is 31.1 Å². The summed E-state index contributed by atoms with van der Waals surface area (Å²) in [6.45, 7) is 4.41. The Kier molecular flexibility index (Phi) is 5.64. The van der Waals surface area contributed by atoms with Crippen LogP contribution in [0.15, 0.2) is 14.7 Å². The van der Waals surface area contributed by atoms with E-state index in [2.05, 4.69) is 28.2 Å². The second kappa shape index (κ2) is 6.87. The van der Waals surface area contributed by atoms with Crippen molar-refractivity contribution in [2.75, 3.05) is 20.1 Å². The van der Waals surface area contributed by atoms with E-state index in [9.17, 15) is 8.42 Å². The molecule has 0 aliphatic heterocycles. The van der Waals surface area contributed by atoms with Gasteiger partial charge in [0.15, 0.2) is 0 Å². The summed E-state index contributed by atoms with van der Waals surface area (Å²) in [5.41, 5.74) is 0. The number of nitrogens with one attached hydrogen (secondary N) is 1. The van der Waals surface area contributed by atoms with Gasteiger partial charge in [0, 0.05) is 25.0 Å². The number of rotatable bonds is 8. The molecule has 1 aliphatic carbocycles. The molecule has 0 bridgehead atoms. The minimum Gasteiger partial charge on any atom is -0.312 e. The van der Waals surface area contributed by atoms with Crippen molar-refractivity contribution in [2.45, 2.75) is 37.6 Å². The first kappa shape index (κ1) is 16.4. The molecule has 7 heteroatoms. The number of hydrogen-bond donors (Lipinski definition) is 1. The fourth-order valence-corrected chi connectivity index (χ4v) is 5.82. The van der Waals surface area contributed by atoms with E-state index in [1.165, 1.54) is 15.6 Å². The highest BCUT2D eigenvalue weighted by molar-refractivity contribution is 9.11. The molecule has 0 amide bonds. The molecule has 1 heterocycles. The lowest BCUT2D eigenvalue weighted by Crippen LogP contribution is -2.28. The van der Waals surface area contributed by atoms with Gasteiger partial charge in [-0.25, -0.2) is 12.7 Å². The fourth-order valence-electron chi connectivity index (χ4n) is 1.98. The molecule has 1 aromatic rings. The Bertz CT molecular complexity index is 553. The molecule has 20 heavy (non-hydrogen) atoms. The molecule has 1 aliphatic rings. The molecule has 0 spiro atoms. The zero-order chi connectivity index (χ0) is 14.8. The van der Waals surface area contributed by atoms with Crippen LogP contribution in [0.3, 0.4) is 0 Å². The zero-order valence-corrected chi connectivity index (χ0v) is 15.1. The Morgan fingerprint density at radius 1 is 1.50 bits per heavy atom. The van der Waals surface area contributed by atoms with E-state index in [-0.39, 0.29) is 0 Å². The van der Waals surface area contributed by atoms with Crippen LogP contribution in [0.4, 0.5) is 0 Å². The Morgan fingerprint density at radius 3 is 2.80 bits per heavy atom. The summed E-state index contributed by atoms with van der Waals surface area (Å²) in [6, 6.07) is 1.79. The average molecular weight is 381 g/mol. The molecule has 114 valence electrons. The quantitative estimate of drug-likeness (QED) is 0.705. The van der Waals surface area contributed by atoms with E-state index in [0.29, 0.717) is 21.1 Å². The van der Waals surface area contributed by atoms with Crippen molar-refractivity contribution in [2.24, 2.45) is 5.92 Å². The van der Waals surface area contributed by atoms with E-state index < -0.39 is 10.0 Å². The summed E-state index contributed by atoms with van der Waals surface area (Å²) < 4.78 is 27.3. The molecule has 0 unspecified atom stereocenters. The Hall–Kier alpha value is 0.0500. The lowest BCUT2D eigenvalue weighted by atomic mass is 10.4. The third-order valence-corrected chi connectivity index (χ3v) is 7.41. The van der Waals surface area contributed by atoms with E-state index >= 15 is 0 Å².